The molecule has 25 heavy (non-hydrogen) atoms. The molecule has 0 bridgehead atoms. The highest BCUT2D eigenvalue weighted by Crippen LogP contribution is 2.22. The molecule has 1 aliphatic heterocycles. The maximum absolute atomic E-state index is 11.9. The predicted molar refractivity (Wildman–Crippen MR) is 95.6 cm³/mol. The van der Waals surface area contributed by atoms with Crippen LogP contribution in [0.5, 0.6) is 0 Å². The first-order valence-electron chi connectivity index (χ1n) is 8.59. The van der Waals surface area contributed by atoms with Crippen molar-refractivity contribution in [3.63, 3.8) is 0 Å². The molecule has 0 aliphatic carbocycles. The molecule has 3 rings (SSSR count). The monoisotopic (exact) mass is 361 g/mol. The van der Waals surface area contributed by atoms with Gasteiger partial charge in [0.25, 0.3) is 5.22 Å². The maximum Gasteiger partial charge on any atom is 0.277 e. The van der Waals surface area contributed by atoms with E-state index in [0.717, 1.165) is 19.4 Å². The Hall–Kier alpha value is -1.86. The molecule has 2 aromatic rings. The Balaban J connectivity index is 1.41. The Labute approximate surface area is 151 Å². The Bertz CT molecular complexity index is 671. The summed E-state index contributed by atoms with van der Waals surface area (Å²) < 4.78 is 11.1. The van der Waals surface area contributed by atoms with Crippen LogP contribution in [0.1, 0.15) is 37.1 Å². The lowest BCUT2D eigenvalue weighted by molar-refractivity contribution is -0.119. The molecule has 6 nitrogen and oxygen atoms in total. The molecule has 1 amide bonds. The minimum atomic E-state index is -0.0436. The Morgan fingerprint density at radius 2 is 2.20 bits per heavy atom. The van der Waals surface area contributed by atoms with Crippen molar-refractivity contribution in [3.8, 4) is 0 Å². The van der Waals surface area contributed by atoms with Crippen molar-refractivity contribution >= 4 is 17.7 Å². The second-order valence-electron chi connectivity index (χ2n) is 6.21. The standard InChI is InChI=1S/C18H23N3O3S/c1-13(14-6-3-2-4-7-14)10-17-20-21-18(24-17)25-12-16(22)19-11-15-8-5-9-23-15/h2-4,6-7,13,15H,5,8-12H2,1H3,(H,19,22). The van der Waals surface area contributed by atoms with E-state index in [9.17, 15) is 4.79 Å². The molecule has 0 saturated carbocycles. The van der Waals surface area contributed by atoms with E-state index in [1.165, 1.54) is 17.3 Å². The third-order valence-electron chi connectivity index (χ3n) is 4.18. The van der Waals surface area contributed by atoms with Gasteiger partial charge in [0, 0.05) is 19.6 Å². The normalized spacial score (nSPS) is 18.2. The lowest BCUT2D eigenvalue weighted by Gasteiger charge is -2.09. The Kier molecular flexibility index (Phi) is 6.47. The summed E-state index contributed by atoms with van der Waals surface area (Å²) in [6.45, 7) is 3.50. The fraction of sp³-hybridized carbons (Fsp3) is 0.500. The van der Waals surface area contributed by atoms with Crippen molar-refractivity contribution in [2.24, 2.45) is 0 Å². The lowest BCUT2D eigenvalue weighted by atomic mass is 9.98. The van der Waals surface area contributed by atoms with Gasteiger partial charge in [-0.25, -0.2) is 0 Å². The van der Waals surface area contributed by atoms with Gasteiger partial charge in [-0.2, -0.15) is 0 Å². The van der Waals surface area contributed by atoms with Crippen LogP contribution in [0.3, 0.4) is 0 Å². The van der Waals surface area contributed by atoms with Crippen molar-refractivity contribution in [1.29, 1.82) is 0 Å². The minimum Gasteiger partial charge on any atom is -0.416 e. The first kappa shape index (κ1) is 17.9. The van der Waals surface area contributed by atoms with Crippen molar-refractivity contribution in [2.45, 2.75) is 43.4 Å². The van der Waals surface area contributed by atoms with Crippen LogP contribution in [0, 0.1) is 0 Å². The van der Waals surface area contributed by atoms with E-state index >= 15 is 0 Å². The molecule has 2 atom stereocenters. The minimum absolute atomic E-state index is 0.0436. The number of amides is 1. The topological polar surface area (TPSA) is 77.2 Å². The van der Waals surface area contributed by atoms with Crippen LogP contribution in [-0.2, 0) is 16.0 Å². The fourth-order valence-corrected chi connectivity index (χ4v) is 3.36. The summed E-state index contributed by atoms with van der Waals surface area (Å²) >= 11 is 1.26. The van der Waals surface area contributed by atoms with E-state index in [2.05, 4.69) is 34.6 Å². The molecule has 1 fully saturated rings. The van der Waals surface area contributed by atoms with Crippen LogP contribution in [-0.4, -0.2) is 41.1 Å². The summed E-state index contributed by atoms with van der Waals surface area (Å²) in [5.74, 6) is 1.12. The number of ether oxygens (including phenoxy) is 1. The van der Waals surface area contributed by atoms with Crippen LogP contribution in [0.4, 0.5) is 0 Å². The van der Waals surface area contributed by atoms with E-state index in [1.54, 1.807) is 0 Å². The van der Waals surface area contributed by atoms with Crippen molar-refractivity contribution in [2.75, 3.05) is 18.9 Å². The highest BCUT2D eigenvalue weighted by Gasteiger charge is 2.17. The Morgan fingerprint density at radius 1 is 1.36 bits per heavy atom. The zero-order chi connectivity index (χ0) is 17.5. The molecule has 7 heteroatoms. The van der Waals surface area contributed by atoms with Crippen molar-refractivity contribution in [1.82, 2.24) is 15.5 Å². The molecule has 2 unspecified atom stereocenters. The SMILES string of the molecule is CC(Cc1nnc(SCC(=O)NCC2CCCO2)o1)c1ccccc1. The molecule has 1 saturated heterocycles. The lowest BCUT2D eigenvalue weighted by Crippen LogP contribution is -2.32. The third-order valence-corrected chi connectivity index (χ3v) is 4.99. The van der Waals surface area contributed by atoms with Crippen molar-refractivity contribution in [3.05, 3.63) is 41.8 Å². The first-order valence-corrected chi connectivity index (χ1v) is 9.57. The average molecular weight is 361 g/mol. The molecule has 2 heterocycles. The quantitative estimate of drug-likeness (QED) is 0.729. The highest BCUT2D eigenvalue weighted by atomic mass is 32.2. The first-order chi connectivity index (χ1) is 12.2. The number of aromatic nitrogens is 2. The number of nitrogens with zero attached hydrogens (tertiary/aromatic N) is 2. The van der Waals surface area contributed by atoms with Gasteiger partial charge in [-0.1, -0.05) is 49.0 Å². The molecular weight excluding hydrogens is 338 g/mol. The van der Waals surface area contributed by atoms with Gasteiger partial charge >= 0.3 is 0 Å². The summed E-state index contributed by atoms with van der Waals surface area (Å²) in [5.41, 5.74) is 1.24. The van der Waals surface area contributed by atoms with Gasteiger partial charge in [0.15, 0.2) is 0 Å². The van der Waals surface area contributed by atoms with Gasteiger partial charge in [-0.05, 0) is 24.3 Å². The van der Waals surface area contributed by atoms with Crippen LogP contribution in [0.25, 0.3) is 0 Å². The maximum atomic E-state index is 11.9. The summed E-state index contributed by atoms with van der Waals surface area (Å²) in [5, 5.41) is 11.4. The average Bonchev–Trinajstić information content (AvgIpc) is 3.31. The summed E-state index contributed by atoms with van der Waals surface area (Å²) in [4.78, 5) is 11.9. The van der Waals surface area contributed by atoms with Crippen LogP contribution in [0.2, 0.25) is 0 Å². The molecule has 0 spiro atoms. The third kappa shape index (κ3) is 5.57. The van der Waals surface area contributed by atoms with E-state index in [0.29, 0.717) is 30.0 Å². The fourth-order valence-electron chi connectivity index (χ4n) is 2.75. The highest BCUT2D eigenvalue weighted by molar-refractivity contribution is 7.99. The van der Waals surface area contributed by atoms with Crippen LogP contribution < -0.4 is 5.32 Å². The van der Waals surface area contributed by atoms with Gasteiger partial charge in [0.2, 0.25) is 11.8 Å². The van der Waals surface area contributed by atoms with Crippen molar-refractivity contribution < 1.29 is 13.9 Å². The molecular formula is C18H23N3O3S. The summed E-state index contributed by atoms with van der Waals surface area (Å²) in [6.07, 6.45) is 2.92. The van der Waals surface area contributed by atoms with Gasteiger partial charge in [0.05, 0.1) is 11.9 Å². The number of carbonyl (C=O) groups is 1. The van der Waals surface area contributed by atoms with E-state index < -0.39 is 0 Å². The largest absolute Gasteiger partial charge is 0.416 e. The van der Waals surface area contributed by atoms with E-state index in [4.69, 9.17) is 9.15 Å². The molecule has 134 valence electrons. The van der Waals surface area contributed by atoms with Crippen LogP contribution >= 0.6 is 11.8 Å². The van der Waals surface area contributed by atoms with E-state index in [1.807, 2.05) is 18.2 Å². The Morgan fingerprint density at radius 3 is 2.96 bits per heavy atom. The van der Waals surface area contributed by atoms with Crippen LogP contribution in [0.15, 0.2) is 40.0 Å². The van der Waals surface area contributed by atoms with Gasteiger partial charge in [0.1, 0.15) is 0 Å². The smallest absolute Gasteiger partial charge is 0.277 e. The molecule has 1 N–H and O–H groups in total. The number of hydrogen-bond acceptors (Lipinski definition) is 6. The molecule has 1 aromatic heterocycles. The second-order valence-corrected chi connectivity index (χ2v) is 7.13. The zero-order valence-corrected chi connectivity index (χ0v) is 15.1. The molecule has 1 aromatic carbocycles. The van der Waals surface area contributed by atoms with Gasteiger partial charge in [-0.3, -0.25) is 4.79 Å². The number of thioether (sulfide) groups is 1. The number of rotatable bonds is 8. The molecule has 0 radical (unpaired) electrons. The summed E-state index contributed by atoms with van der Waals surface area (Å²) in [6, 6.07) is 10.2. The van der Waals surface area contributed by atoms with Gasteiger partial charge in [-0.15, -0.1) is 10.2 Å². The second kappa shape index (κ2) is 9.01. The molecule has 1 aliphatic rings. The summed E-state index contributed by atoms with van der Waals surface area (Å²) in [7, 11) is 0. The number of benzene rings is 1. The predicted octanol–water partition coefficient (Wildman–Crippen LogP) is 2.80. The van der Waals surface area contributed by atoms with E-state index in [-0.39, 0.29) is 17.8 Å². The zero-order valence-electron chi connectivity index (χ0n) is 14.3. The number of carbonyl (C=O) groups excluding carboxylic acids is 1. The van der Waals surface area contributed by atoms with Gasteiger partial charge < -0.3 is 14.5 Å². The number of hydrogen-bond donors (Lipinski definition) is 1. The number of nitrogens with one attached hydrogen (secondary N) is 1.